The lowest BCUT2D eigenvalue weighted by atomic mass is 10.1. The largest absolute Gasteiger partial charge is 0.496 e. The van der Waals surface area contributed by atoms with Crippen LogP contribution in [0.25, 0.3) is 0 Å². The molecule has 1 N–H and O–H groups in total. The third-order valence-electron chi connectivity index (χ3n) is 5.43. The average Bonchev–Trinajstić information content (AvgIpc) is 2.83. The zero-order chi connectivity index (χ0) is 23.1. The number of hydrogen-bond acceptors (Lipinski definition) is 6. The van der Waals surface area contributed by atoms with Crippen LogP contribution < -0.4 is 10.1 Å². The topological polar surface area (TPSA) is 102 Å². The number of ether oxygens (including phenoxy) is 2. The fourth-order valence-corrected chi connectivity index (χ4v) is 5.27. The van der Waals surface area contributed by atoms with E-state index in [0.717, 1.165) is 19.3 Å². The number of piperidine rings is 1. The number of sulfonamides is 1. The predicted octanol–water partition coefficient (Wildman–Crippen LogP) is 3.23. The Morgan fingerprint density at radius 3 is 2.44 bits per heavy atom. The summed E-state index contributed by atoms with van der Waals surface area (Å²) in [5.74, 6) is -0.337. The Hall–Kier alpha value is -2.91. The van der Waals surface area contributed by atoms with Crippen LogP contribution >= 0.6 is 0 Å². The summed E-state index contributed by atoms with van der Waals surface area (Å²) in [7, 11) is -0.809. The van der Waals surface area contributed by atoms with E-state index in [0.29, 0.717) is 30.1 Å². The van der Waals surface area contributed by atoms with Crippen molar-refractivity contribution >= 4 is 27.6 Å². The third kappa shape index (κ3) is 5.46. The van der Waals surface area contributed by atoms with Gasteiger partial charge in [0.25, 0.3) is 0 Å². The highest BCUT2D eigenvalue weighted by molar-refractivity contribution is 7.89. The summed E-state index contributed by atoms with van der Waals surface area (Å²) in [5.41, 5.74) is 1.25. The minimum Gasteiger partial charge on any atom is -0.496 e. The van der Waals surface area contributed by atoms with E-state index in [4.69, 9.17) is 9.47 Å². The lowest BCUT2D eigenvalue weighted by Gasteiger charge is -2.26. The smallest absolute Gasteiger partial charge is 0.339 e. The maximum absolute atomic E-state index is 13.0. The van der Waals surface area contributed by atoms with E-state index in [1.165, 1.54) is 18.5 Å². The van der Waals surface area contributed by atoms with Crippen molar-refractivity contribution in [1.29, 1.82) is 0 Å². The van der Waals surface area contributed by atoms with Crippen LogP contribution in [0.4, 0.5) is 5.69 Å². The van der Waals surface area contributed by atoms with Gasteiger partial charge in [0.1, 0.15) is 5.75 Å². The molecule has 8 nitrogen and oxygen atoms in total. The van der Waals surface area contributed by atoms with Crippen molar-refractivity contribution in [2.45, 2.75) is 37.0 Å². The van der Waals surface area contributed by atoms with E-state index >= 15 is 0 Å². The second-order valence-electron chi connectivity index (χ2n) is 7.52. The van der Waals surface area contributed by atoms with Gasteiger partial charge in [-0.05, 0) is 55.2 Å². The molecule has 1 aliphatic heterocycles. The number of carbonyl (C=O) groups is 2. The molecule has 0 spiro atoms. The second-order valence-corrected chi connectivity index (χ2v) is 9.46. The van der Waals surface area contributed by atoms with Crippen LogP contribution in [0, 0.1) is 0 Å². The average molecular weight is 461 g/mol. The van der Waals surface area contributed by atoms with Gasteiger partial charge in [-0.1, -0.05) is 18.6 Å². The van der Waals surface area contributed by atoms with Gasteiger partial charge in [0, 0.05) is 19.5 Å². The zero-order valence-corrected chi connectivity index (χ0v) is 19.1. The van der Waals surface area contributed by atoms with Crippen molar-refractivity contribution in [3.05, 3.63) is 53.6 Å². The number of amides is 1. The first-order valence-corrected chi connectivity index (χ1v) is 11.9. The van der Waals surface area contributed by atoms with Crippen LogP contribution in [-0.4, -0.2) is 51.9 Å². The summed E-state index contributed by atoms with van der Waals surface area (Å²) in [6.45, 7) is 1.04. The Morgan fingerprint density at radius 1 is 1.03 bits per heavy atom. The quantitative estimate of drug-likeness (QED) is 0.607. The minimum absolute atomic E-state index is 0.0824. The molecule has 32 heavy (non-hydrogen) atoms. The SMILES string of the molecule is COC(=O)c1ccccc1NC(=O)CCc1cc(S(=O)(=O)N2CCCCC2)ccc1OC. The Morgan fingerprint density at radius 2 is 1.75 bits per heavy atom. The van der Waals surface area contributed by atoms with Gasteiger partial charge in [-0.3, -0.25) is 4.79 Å². The second kappa shape index (κ2) is 10.6. The predicted molar refractivity (Wildman–Crippen MR) is 120 cm³/mol. The Bertz CT molecular complexity index is 1080. The number of nitrogens with one attached hydrogen (secondary N) is 1. The summed E-state index contributed by atoms with van der Waals surface area (Å²) >= 11 is 0. The molecular weight excluding hydrogens is 432 g/mol. The molecule has 2 aromatic carbocycles. The van der Waals surface area contributed by atoms with Gasteiger partial charge < -0.3 is 14.8 Å². The zero-order valence-electron chi connectivity index (χ0n) is 18.3. The van der Waals surface area contributed by atoms with Crippen LogP contribution in [0.15, 0.2) is 47.4 Å². The summed E-state index contributed by atoms with van der Waals surface area (Å²) in [5, 5.41) is 2.72. The molecule has 1 aliphatic rings. The first-order valence-electron chi connectivity index (χ1n) is 10.5. The molecule has 1 heterocycles. The molecule has 1 amide bonds. The summed E-state index contributed by atoms with van der Waals surface area (Å²) in [4.78, 5) is 24.6. The van der Waals surface area contributed by atoms with Crippen LogP contribution in [-0.2, 0) is 26.0 Å². The lowest BCUT2D eigenvalue weighted by Crippen LogP contribution is -2.35. The van der Waals surface area contributed by atoms with Gasteiger partial charge in [-0.25, -0.2) is 13.2 Å². The van der Waals surface area contributed by atoms with E-state index in [1.807, 2.05) is 0 Å². The molecule has 1 fully saturated rings. The number of benzene rings is 2. The molecule has 172 valence electrons. The van der Waals surface area contributed by atoms with E-state index in [9.17, 15) is 18.0 Å². The number of esters is 1. The number of carbonyl (C=O) groups excluding carboxylic acids is 2. The Labute approximate surface area is 188 Å². The molecule has 1 saturated heterocycles. The molecule has 3 rings (SSSR count). The van der Waals surface area contributed by atoms with Crippen LogP contribution in [0.2, 0.25) is 0 Å². The number of aryl methyl sites for hydroxylation is 1. The fraction of sp³-hybridized carbons (Fsp3) is 0.391. The Kier molecular flexibility index (Phi) is 7.87. The normalized spacial score (nSPS) is 14.6. The van der Waals surface area contributed by atoms with Crippen molar-refractivity contribution in [1.82, 2.24) is 4.31 Å². The van der Waals surface area contributed by atoms with Crippen molar-refractivity contribution in [2.75, 3.05) is 32.6 Å². The Balaban J connectivity index is 1.74. The highest BCUT2D eigenvalue weighted by Gasteiger charge is 2.26. The molecule has 0 aromatic heterocycles. The minimum atomic E-state index is -3.59. The fourth-order valence-electron chi connectivity index (χ4n) is 3.71. The molecule has 2 aromatic rings. The van der Waals surface area contributed by atoms with Gasteiger partial charge in [0.2, 0.25) is 15.9 Å². The number of nitrogens with zero attached hydrogens (tertiary/aromatic N) is 1. The van der Waals surface area contributed by atoms with Gasteiger partial charge in [-0.15, -0.1) is 0 Å². The molecule has 0 radical (unpaired) electrons. The molecule has 0 aliphatic carbocycles. The van der Waals surface area contributed by atoms with E-state index < -0.39 is 16.0 Å². The van der Waals surface area contributed by atoms with Crippen molar-refractivity contribution < 1.29 is 27.5 Å². The number of rotatable bonds is 8. The molecular formula is C23H28N2O6S. The van der Waals surface area contributed by atoms with Crippen LogP contribution in [0.3, 0.4) is 0 Å². The summed E-state index contributed by atoms with van der Waals surface area (Å²) in [6, 6.07) is 11.3. The maximum atomic E-state index is 13.0. The molecule has 0 saturated carbocycles. The monoisotopic (exact) mass is 460 g/mol. The first kappa shape index (κ1) is 23.7. The van der Waals surface area contributed by atoms with Gasteiger partial charge in [-0.2, -0.15) is 4.31 Å². The van der Waals surface area contributed by atoms with Gasteiger partial charge >= 0.3 is 5.97 Å². The van der Waals surface area contributed by atoms with E-state index in [2.05, 4.69) is 5.32 Å². The van der Waals surface area contributed by atoms with Crippen molar-refractivity contribution in [3.8, 4) is 5.75 Å². The summed E-state index contributed by atoms with van der Waals surface area (Å²) in [6.07, 6.45) is 3.11. The number of para-hydroxylation sites is 1. The molecule has 0 atom stereocenters. The number of methoxy groups -OCH3 is 2. The van der Waals surface area contributed by atoms with Crippen molar-refractivity contribution in [2.24, 2.45) is 0 Å². The summed E-state index contributed by atoms with van der Waals surface area (Å²) < 4.78 is 37.7. The maximum Gasteiger partial charge on any atom is 0.339 e. The highest BCUT2D eigenvalue weighted by Crippen LogP contribution is 2.27. The van der Waals surface area contributed by atoms with E-state index in [1.54, 1.807) is 42.5 Å². The van der Waals surface area contributed by atoms with Crippen LogP contribution in [0.5, 0.6) is 5.75 Å². The van der Waals surface area contributed by atoms with Crippen molar-refractivity contribution in [3.63, 3.8) is 0 Å². The van der Waals surface area contributed by atoms with E-state index in [-0.39, 0.29) is 29.2 Å². The lowest BCUT2D eigenvalue weighted by molar-refractivity contribution is -0.116. The van der Waals surface area contributed by atoms with Gasteiger partial charge in [0.05, 0.1) is 30.4 Å². The van der Waals surface area contributed by atoms with Gasteiger partial charge in [0.15, 0.2) is 0 Å². The third-order valence-corrected chi connectivity index (χ3v) is 7.33. The van der Waals surface area contributed by atoms with Crippen LogP contribution in [0.1, 0.15) is 41.6 Å². The molecule has 0 unspecified atom stereocenters. The number of anilines is 1. The first-order chi connectivity index (χ1) is 15.4. The number of hydrogen-bond donors (Lipinski definition) is 1. The molecule has 0 bridgehead atoms. The highest BCUT2D eigenvalue weighted by atomic mass is 32.2. The molecule has 9 heteroatoms. The standard InChI is InChI=1S/C23H28N2O6S/c1-30-21-12-11-18(32(28,29)25-14-6-3-7-15-25)16-17(21)10-13-22(26)24-20-9-5-4-8-19(20)23(27)31-2/h4-5,8-9,11-12,16H,3,6-7,10,13-15H2,1-2H3,(H,24,26).